The van der Waals surface area contributed by atoms with E-state index in [-0.39, 0.29) is 24.5 Å². The first-order valence-corrected chi connectivity index (χ1v) is 8.64. The van der Waals surface area contributed by atoms with E-state index >= 15 is 0 Å². The molecule has 132 valence electrons. The fourth-order valence-corrected chi connectivity index (χ4v) is 3.82. The summed E-state index contributed by atoms with van der Waals surface area (Å²) < 4.78 is 88.0. The van der Waals surface area contributed by atoms with Gasteiger partial charge in [0.15, 0.2) is 0 Å². The van der Waals surface area contributed by atoms with Crippen LogP contribution in [0, 0.1) is 0 Å². The predicted molar refractivity (Wildman–Crippen MR) is 75.7 cm³/mol. The largest absolute Gasteiger partial charge is 0.416 e. The van der Waals surface area contributed by atoms with E-state index in [1.165, 1.54) is 0 Å². The number of hydrogen-bond donors (Lipinski definition) is 0. The number of hydrogen-bond acceptors (Lipinski definition) is 2. The van der Waals surface area contributed by atoms with Crippen LogP contribution in [0.4, 0.5) is 26.3 Å². The van der Waals surface area contributed by atoms with Crippen LogP contribution in [0.2, 0.25) is 0 Å². The first kappa shape index (κ1) is 20.0. The van der Waals surface area contributed by atoms with Gasteiger partial charge in [-0.05, 0) is 36.2 Å². The minimum Gasteiger partial charge on any atom is -0.393 e. The van der Waals surface area contributed by atoms with Crippen LogP contribution in [-0.2, 0) is 21.2 Å². The van der Waals surface area contributed by atoms with E-state index in [0.29, 0.717) is 25.0 Å². The van der Waals surface area contributed by atoms with E-state index in [0.717, 1.165) is 0 Å². The highest BCUT2D eigenvalue weighted by Crippen LogP contribution is 2.34. The monoisotopic (exact) mass is 360 g/mol. The number of halogens is 6. The van der Waals surface area contributed by atoms with Crippen molar-refractivity contribution in [3.8, 4) is 0 Å². The lowest BCUT2D eigenvalue weighted by Gasteiger charge is -2.20. The normalized spacial score (nSPS) is 12.9. The molecule has 0 saturated carbocycles. The van der Waals surface area contributed by atoms with Gasteiger partial charge in [0.1, 0.15) is 0 Å². The van der Waals surface area contributed by atoms with Gasteiger partial charge in [0.25, 0.3) is 0 Å². The summed E-state index contributed by atoms with van der Waals surface area (Å²) >= 11 is 0. The van der Waals surface area contributed by atoms with Crippen molar-refractivity contribution in [2.75, 3.05) is 13.2 Å². The molecule has 0 atom stereocenters. The summed E-state index contributed by atoms with van der Waals surface area (Å²) in [7, 11) is -2.83. The number of alkyl halides is 6. The van der Waals surface area contributed by atoms with Crippen molar-refractivity contribution in [2.24, 2.45) is 0 Å². The summed E-state index contributed by atoms with van der Waals surface area (Å²) in [5.41, 5.74) is -2.69. The molecule has 0 saturated heterocycles. The average molecular weight is 360 g/mol. The summed E-state index contributed by atoms with van der Waals surface area (Å²) in [6.45, 7) is 4.02. The highest BCUT2D eigenvalue weighted by Gasteiger charge is 2.38. The predicted octanol–water partition coefficient (Wildman–Crippen LogP) is 4.00. The Hall–Kier alpha value is -1.06. The third kappa shape index (κ3) is 6.15. The first-order valence-electron chi connectivity index (χ1n) is 7.12. The summed E-state index contributed by atoms with van der Waals surface area (Å²) in [6.07, 6.45) is -8.57. The topological polar surface area (TPSA) is 18.5 Å². The first-order chi connectivity index (χ1) is 10.6. The Morgan fingerprint density at radius 1 is 0.783 bits per heavy atom. The molecule has 1 aromatic carbocycles. The molecule has 1 aromatic rings. The Bertz CT molecular complexity index is 461. The molecule has 9 heteroatoms. The Morgan fingerprint density at radius 2 is 1.17 bits per heavy atom. The molecular formula is C14H18F6O2Si. The molecule has 1 rings (SSSR count). The van der Waals surface area contributed by atoms with Crippen LogP contribution in [0.15, 0.2) is 18.2 Å². The van der Waals surface area contributed by atoms with Crippen LogP contribution < -0.4 is 5.19 Å². The molecule has 0 N–H and O–H groups in total. The Morgan fingerprint density at radius 3 is 1.48 bits per heavy atom. The van der Waals surface area contributed by atoms with Crippen molar-refractivity contribution in [2.45, 2.75) is 39.0 Å². The number of benzene rings is 1. The van der Waals surface area contributed by atoms with Gasteiger partial charge in [-0.25, -0.2) is 0 Å². The molecule has 0 radical (unpaired) electrons. The van der Waals surface area contributed by atoms with E-state index in [4.69, 9.17) is 8.85 Å². The SMILES string of the molecule is CCCO[SiH](OCCC)c1cc(C(F)(F)F)cc(C(F)(F)F)c1. The molecule has 0 unspecified atom stereocenters. The maximum Gasteiger partial charge on any atom is 0.416 e. The third-order valence-electron chi connectivity index (χ3n) is 2.83. The molecule has 0 aromatic heterocycles. The Kier molecular flexibility index (Phi) is 7.09. The summed E-state index contributed by atoms with van der Waals surface area (Å²) in [5.74, 6) is 0. The fourth-order valence-electron chi connectivity index (χ4n) is 1.81. The van der Waals surface area contributed by atoms with E-state index in [1.54, 1.807) is 13.8 Å². The van der Waals surface area contributed by atoms with Crippen molar-refractivity contribution in [3.63, 3.8) is 0 Å². The quantitative estimate of drug-likeness (QED) is 0.540. The van der Waals surface area contributed by atoms with Gasteiger partial charge in [-0.2, -0.15) is 26.3 Å². The van der Waals surface area contributed by atoms with Crippen molar-refractivity contribution < 1.29 is 35.2 Å². The molecule has 0 amide bonds. The van der Waals surface area contributed by atoms with Gasteiger partial charge in [0.2, 0.25) is 0 Å². The van der Waals surface area contributed by atoms with Gasteiger partial charge in [-0.3, -0.25) is 0 Å². The summed E-state index contributed by atoms with van der Waals surface area (Å²) in [6, 6.07) is 1.49. The fraction of sp³-hybridized carbons (Fsp3) is 0.571. The number of rotatable bonds is 7. The van der Waals surface area contributed by atoms with E-state index in [2.05, 4.69) is 0 Å². The van der Waals surface area contributed by atoms with Crippen molar-refractivity contribution in [3.05, 3.63) is 29.3 Å². The zero-order valence-corrected chi connectivity index (χ0v) is 13.9. The zero-order valence-electron chi connectivity index (χ0n) is 12.7. The lowest BCUT2D eigenvalue weighted by atomic mass is 10.1. The third-order valence-corrected chi connectivity index (χ3v) is 4.78. The standard InChI is InChI=1S/C14H18F6O2Si/c1-3-5-21-23(22-6-4-2)12-8-10(13(15,16)17)7-11(9-12)14(18,19)20/h7-9,23H,3-6H2,1-2H3. The highest BCUT2D eigenvalue weighted by atomic mass is 28.3. The highest BCUT2D eigenvalue weighted by molar-refractivity contribution is 6.61. The van der Waals surface area contributed by atoms with Crippen LogP contribution in [0.3, 0.4) is 0 Å². The maximum absolute atomic E-state index is 12.9. The molecule has 23 heavy (non-hydrogen) atoms. The molecular weight excluding hydrogens is 342 g/mol. The van der Waals surface area contributed by atoms with Crippen LogP contribution >= 0.6 is 0 Å². The molecule has 0 aliphatic heterocycles. The van der Waals surface area contributed by atoms with Crippen molar-refractivity contribution >= 4 is 14.5 Å². The molecule has 0 aliphatic carbocycles. The molecule has 0 spiro atoms. The molecule has 2 nitrogen and oxygen atoms in total. The lowest BCUT2D eigenvalue weighted by Crippen LogP contribution is -2.39. The van der Waals surface area contributed by atoms with E-state index < -0.39 is 32.8 Å². The second-order valence-corrected chi connectivity index (χ2v) is 6.91. The summed E-state index contributed by atoms with van der Waals surface area (Å²) in [5, 5.41) is -0.158. The maximum atomic E-state index is 12.9. The molecule has 0 bridgehead atoms. The van der Waals surface area contributed by atoms with Gasteiger partial charge in [-0.15, -0.1) is 0 Å². The van der Waals surface area contributed by atoms with Crippen molar-refractivity contribution in [1.29, 1.82) is 0 Å². The minimum absolute atomic E-state index is 0.106. The molecule has 0 fully saturated rings. The Balaban J connectivity index is 3.29. The second-order valence-electron chi connectivity index (χ2n) is 4.91. The minimum atomic E-state index is -4.87. The molecule has 0 heterocycles. The van der Waals surface area contributed by atoms with Gasteiger partial charge in [0, 0.05) is 13.2 Å². The van der Waals surface area contributed by atoms with Gasteiger partial charge >= 0.3 is 21.6 Å². The summed E-state index contributed by atoms with van der Waals surface area (Å²) in [4.78, 5) is 0. The average Bonchev–Trinajstić information content (AvgIpc) is 2.45. The molecule has 0 aliphatic rings. The van der Waals surface area contributed by atoms with Crippen LogP contribution in [-0.4, -0.2) is 22.5 Å². The lowest BCUT2D eigenvalue weighted by molar-refractivity contribution is -0.142. The zero-order chi connectivity index (χ0) is 17.7. The van der Waals surface area contributed by atoms with Gasteiger partial charge < -0.3 is 8.85 Å². The second kappa shape index (κ2) is 8.16. The Labute approximate surface area is 132 Å². The van der Waals surface area contributed by atoms with Gasteiger partial charge in [-0.1, -0.05) is 13.8 Å². The van der Waals surface area contributed by atoms with Crippen molar-refractivity contribution in [1.82, 2.24) is 0 Å². The van der Waals surface area contributed by atoms with Gasteiger partial charge in [0.05, 0.1) is 11.1 Å². The van der Waals surface area contributed by atoms with Crippen LogP contribution in [0.25, 0.3) is 0 Å². The smallest absolute Gasteiger partial charge is 0.393 e. The van der Waals surface area contributed by atoms with E-state index in [1.807, 2.05) is 0 Å². The van der Waals surface area contributed by atoms with Crippen LogP contribution in [0.1, 0.15) is 37.8 Å². The van der Waals surface area contributed by atoms with E-state index in [9.17, 15) is 26.3 Å². The van der Waals surface area contributed by atoms with Crippen LogP contribution in [0.5, 0.6) is 0 Å².